The maximum absolute atomic E-state index is 13.1. The minimum Gasteiger partial charge on any atom is -0.342 e. The number of carbonyl (C=O) groups is 1. The molecule has 4 rings (SSSR count). The third-order valence-corrected chi connectivity index (χ3v) is 9.64. The van der Waals surface area contributed by atoms with Gasteiger partial charge in [0.25, 0.3) is 0 Å². The van der Waals surface area contributed by atoms with Crippen LogP contribution in [0.15, 0.2) is 59.5 Å². The Morgan fingerprint density at radius 1 is 0.914 bits per heavy atom. The largest absolute Gasteiger partial charge is 0.342 e. The number of hydrogen-bond acceptors (Lipinski definition) is 4. The number of amides is 1. The first-order valence-electron chi connectivity index (χ1n) is 13.0. The Morgan fingerprint density at radius 3 is 2.14 bits per heavy atom. The van der Waals surface area contributed by atoms with Gasteiger partial charge in [0, 0.05) is 39.3 Å². The molecule has 2 aromatic carbocycles. The number of likely N-dealkylation sites (tertiary alicyclic amines) is 1. The number of piperidine rings is 1. The van der Waals surface area contributed by atoms with Crippen LogP contribution in [-0.4, -0.2) is 74.2 Å². The van der Waals surface area contributed by atoms with Gasteiger partial charge in [-0.1, -0.05) is 56.3 Å². The highest BCUT2D eigenvalue weighted by Gasteiger charge is 2.30. The second-order valence-corrected chi connectivity index (χ2v) is 12.0. The van der Waals surface area contributed by atoms with Crippen molar-refractivity contribution >= 4 is 15.9 Å². The van der Waals surface area contributed by atoms with Crippen molar-refractivity contribution in [3.05, 3.63) is 65.7 Å². The van der Waals surface area contributed by atoms with Crippen molar-refractivity contribution < 1.29 is 13.2 Å². The van der Waals surface area contributed by atoms with E-state index in [9.17, 15) is 13.2 Å². The zero-order chi connectivity index (χ0) is 24.8. The number of rotatable bonds is 8. The topological polar surface area (TPSA) is 60.9 Å². The van der Waals surface area contributed by atoms with Crippen LogP contribution < -0.4 is 0 Å². The first-order chi connectivity index (χ1) is 16.9. The standard InChI is InChI=1S/C28H39N3O3S/c1-3-23(2)26-9-11-27(12-10-26)35(33,34)31-19-17-29(18-20-31)22-28(32)30-15-13-25(14-16-30)21-24-7-5-4-6-8-24/h4-12,23,25H,3,13-22H2,1-2H3/t23-/m1/s1. The summed E-state index contributed by atoms with van der Waals surface area (Å²) in [7, 11) is -3.50. The van der Waals surface area contributed by atoms with Crippen molar-refractivity contribution in [2.75, 3.05) is 45.8 Å². The Hall–Kier alpha value is -2.22. The predicted molar refractivity (Wildman–Crippen MR) is 140 cm³/mol. The van der Waals surface area contributed by atoms with E-state index in [0.29, 0.717) is 49.5 Å². The molecule has 0 N–H and O–H groups in total. The Balaban J connectivity index is 1.23. The smallest absolute Gasteiger partial charge is 0.243 e. The Labute approximate surface area is 211 Å². The molecule has 0 aliphatic carbocycles. The second-order valence-electron chi connectivity index (χ2n) is 10.1. The van der Waals surface area contributed by atoms with Crippen LogP contribution in [0.1, 0.15) is 50.2 Å². The molecule has 2 heterocycles. The van der Waals surface area contributed by atoms with Gasteiger partial charge in [0.15, 0.2) is 0 Å². The number of hydrogen-bond donors (Lipinski definition) is 0. The molecule has 2 aromatic rings. The number of piperazine rings is 1. The molecule has 0 saturated carbocycles. The van der Waals surface area contributed by atoms with Gasteiger partial charge in [-0.3, -0.25) is 9.69 Å². The summed E-state index contributed by atoms with van der Waals surface area (Å²) in [6, 6.07) is 17.9. The second kappa shape index (κ2) is 11.7. The normalized spacial score (nSPS) is 19.5. The SMILES string of the molecule is CC[C@@H](C)c1ccc(S(=O)(=O)N2CCN(CC(=O)N3CCC(Cc4ccccc4)CC3)CC2)cc1. The fourth-order valence-electron chi connectivity index (χ4n) is 5.11. The van der Waals surface area contributed by atoms with Gasteiger partial charge >= 0.3 is 0 Å². The Morgan fingerprint density at radius 2 is 1.54 bits per heavy atom. The molecule has 7 heteroatoms. The number of nitrogens with zero attached hydrogens (tertiary/aromatic N) is 3. The average Bonchev–Trinajstić information content (AvgIpc) is 2.89. The van der Waals surface area contributed by atoms with E-state index in [2.05, 4.69) is 43.0 Å². The first kappa shape index (κ1) is 25.9. The van der Waals surface area contributed by atoms with Gasteiger partial charge in [-0.25, -0.2) is 8.42 Å². The van der Waals surface area contributed by atoms with Gasteiger partial charge in [-0.15, -0.1) is 0 Å². The van der Waals surface area contributed by atoms with Crippen molar-refractivity contribution in [3.63, 3.8) is 0 Å². The van der Waals surface area contributed by atoms with Crippen LogP contribution in [0.2, 0.25) is 0 Å². The molecule has 2 aliphatic rings. The van der Waals surface area contributed by atoms with Crippen LogP contribution in [0.25, 0.3) is 0 Å². The monoisotopic (exact) mass is 497 g/mol. The average molecular weight is 498 g/mol. The zero-order valence-corrected chi connectivity index (χ0v) is 21.9. The fourth-order valence-corrected chi connectivity index (χ4v) is 6.53. The van der Waals surface area contributed by atoms with Crippen LogP contribution >= 0.6 is 0 Å². The molecule has 0 aromatic heterocycles. The third-order valence-electron chi connectivity index (χ3n) is 7.72. The highest BCUT2D eigenvalue weighted by molar-refractivity contribution is 7.89. The van der Waals surface area contributed by atoms with Crippen LogP contribution in [-0.2, 0) is 21.2 Å². The summed E-state index contributed by atoms with van der Waals surface area (Å²) in [5, 5.41) is 0. The predicted octanol–water partition coefficient (Wildman–Crippen LogP) is 3.99. The summed E-state index contributed by atoms with van der Waals surface area (Å²) in [5.74, 6) is 1.22. The van der Waals surface area contributed by atoms with E-state index in [4.69, 9.17) is 0 Å². The van der Waals surface area contributed by atoms with Gasteiger partial charge in [-0.2, -0.15) is 4.31 Å². The summed E-state index contributed by atoms with van der Waals surface area (Å²) in [4.78, 5) is 17.3. The van der Waals surface area contributed by atoms with E-state index in [1.54, 1.807) is 16.4 Å². The van der Waals surface area contributed by atoms with Gasteiger partial charge in [0.2, 0.25) is 15.9 Å². The number of benzene rings is 2. The van der Waals surface area contributed by atoms with Crippen LogP contribution in [0.3, 0.4) is 0 Å². The van der Waals surface area contributed by atoms with E-state index >= 15 is 0 Å². The quantitative estimate of drug-likeness (QED) is 0.553. The molecule has 0 unspecified atom stereocenters. The lowest BCUT2D eigenvalue weighted by molar-refractivity contribution is -0.134. The molecule has 2 saturated heterocycles. The maximum Gasteiger partial charge on any atom is 0.243 e. The third kappa shape index (κ3) is 6.51. The molecule has 190 valence electrons. The van der Waals surface area contributed by atoms with Crippen LogP contribution in [0.5, 0.6) is 0 Å². The highest BCUT2D eigenvalue weighted by atomic mass is 32.2. The van der Waals surface area contributed by atoms with Gasteiger partial charge < -0.3 is 4.90 Å². The molecule has 2 fully saturated rings. The van der Waals surface area contributed by atoms with E-state index in [1.807, 2.05) is 23.1 Å². The summed E-state index contributed by atoms with van der Waals surface area (Å²) < 4.78 is 27.8. The van der Waals surface area contributed by atoms with Crippen molar-refractivity contribution in [2.24, 2.45) is 5.92 Å². The molecule has 0 bridgehead atoms. The summed E-state index contributed by atoms with van der Waals surface area (Å²) >= 11 is 0. The van der Waals surface area contributed by atoms with Crippen molar-refractivity contribution in [1.82, 2.24) is 14.1 Å². The number of carbonyl (C=O) groups excluding carboxylic acids is 1. The summed E-state index contributed by atoms with van der Waals surface area (Å²) in [6.07, 6.45) is 4.20. The molecule has 6 nitrogen and oxygen atoms in total. The zero-order valence-electron chi connectivity index (χ0n) is 21.1. The van der Waals surface area contributed by atoms with Gasteiger partial charge in [0.1, 0.15) is 0 Å². The minimum atomic E-state index is -3.50. The first-order valence-corrected chi connectivity index (χ1v) is 14.4. The van der Waals surface area contributed by atoms with Crippen LogP contribution in [0.4, 0.5) is 0 Å². The van der Waals surface area contributed by atoms with E-state index in [1.165, 1.54) is 11.1 Å². The summed E-state index contributed by atoms with van der Waals surface area (Å²) in [5.41, 5.74) is 2.54. The summed E-state index contributed by atoms with van der Waals surface area (Å²) in [6.45, 7) is 8.30. The number of sulfonamides is 1. The van der Waals surface area contributed by atoms with Gasteiger partial charge in [-0.05, 0) is 60.8 Å². The molecule has 0 spiro atoms. The lowest BCUT2D eigenvalue weighted by Crippen LogP contribution is -2.52. The van der Waals surface area contributed by atoms with Crippen molar-refractivity contribution in [3.8, 4) is 0 Å². The van der Waals surface area contributed by atoms with Crippen molar-refractivity contribution in [1.29, 1.82) is 0 Å². The van der Waals surface area contributed by atoms with Crippen molar-refractivity contribution in [2.45, 2.75) is 50.3 Å². The molecular formula is C28H39N3O3S. The minimum absolute atomic E-state index is 0.167. The maximum atomic E-state index is 13.1. The lowest BCUT2D eigenvalue weighted by atomic mass is 9.90. The van der Waals surface area contributed by atoms with Crippen LogP contribution in [0, 0.1) is 5.92 Å². The van der Waals surface area contributed by atoms with E-state index in [-0.39, 0.29) is 5.91 Å². The molecular weight excluding hydrogens is 458 g/mol. The molecule has 2 aliphatic heterocycles. The lowest BCUT2D eigenvalue weighted by Gasteiger charge is -2.36. The Bertz CT molecular complexity index is 1060. The van der Waals surface area contributed by atoms with E-state index < -0.39 is 10.0 Å². The van der Waals surface area contributed by atoms with Gasteiger partial charge in [0.05, 0.1) is 11.4 Å². The Kier molecular flexibility index (Phi) is 8.63. The molecule has 1 atom stereocenters. The highest BCUT2D eigenvalue weighted by Crippen LogP contribution is 2.24. The fraction of sp³-hybridized carbons (Fsp3) is 0.536. The molecule has 35 heavy (non-hydrogen) atoms. The van der Waals surface area contributed by atoms with E-state index in [0.717, 1.165) is 38.8 Å². The molecule has 1 amide bonds. The molecule has 0 radical (unpaired) electrons.